The third-order valence-corrected chi connectivity index (χ3v) is 13.4. The molecule has 9 aromatic carbocycles. The fourth-order valence-corrected chi connectivity index (χ4v) is 10.5. The molecular formula is C57H34N4OS. The molecule has 0 N–H and O–H groups in total. The van der Waals surface area contributed by atoms with Gasteiger partial charge in [0.05, 0.1) is 11.0 Å². The number of hydrogen-bond acceptors (Lipinski definition) is 5. The molecule has 0 unspecified atom stereocenters. The average molecular weight is 823 g/mol. The minimum absolute atomic E-state index is 0.595. The van der Waals surface area contributed by atoms with Crippen molar-refractivity contribution in [1.29, 1.82) is 0 Å². The van der Waals surface area contributed by atoms with Crippen molar-refractivity contribution in [2.24, 2.45) is 0 Å². The molecule has 294 valence electrons. The van der Waals surface area contributed by atoms with Gasteiger partial charge in [-0.25, -0.2) is 15.0 Å². The van der Waals surface area contributed by atoms with E-state index in [0.717, 1.165) is 66.6 Å². The molecule has 4 heterocycles. The normalized spacial score (nSPS) is 11.8. The maximum atomic E-state index is 6.58. The van der Waals surface area contributed by atoms with Gasteiger partial charge in [-0.15, -0.1) is 11.3 Å². The quantitative estimate of drug-likeness (QED) is 0.168. The molecule has 0 bridgehead atoms. The van der Waals surface area contributed by atoms with E-state index in [1.165, 1.54) is 42.0 Å². The van der Waals surface area contributed by atoms with E-state index in [1.54, 1.807) is 11.3 Å². The van der Waals surface area contributed by atoms with Crippen LogP contribution >= 0.6 is 11.3 Å². The lowest BCUT2D eigenvalue weighted by Gasteiger charge is -2.12. The predicted molar refractivity (Wildman–Crippen MR) is 262 cm³/mol. The van der Waals surface area contributed by atoms with Crippen LogP contribution in [0.3, 0.4) is 0 Å². The fourth-order valence-electron chi connectivity index (χ4n) is 9.37. The Morgan fingerprint density at radius 1 is 0.349 bits per heavy atom. The molecule has 0 fully saturated rings. The van der Waals surface area contributed by atoms with Gasteiger partial charge in [0, 0.05) is 64.1 Å². The maximum Gasteiger partial charge on any atom is 0.164 e. The van der Waals surface area contributed by atoms with E-state index in [2.05, 4.69) is 180 Å². The molecule has 0 aliphatic carbocycles. The summed E-state index contributed by atoms with van der Waals surface area (Å²) in [6, 6.07) is 72.8. The van der Waals surface area contributed by atoms with Crippen molar-refractivity contribution in [3.05, 3.63) is 206 Å². The van der Waals surface area contributed by atoms with Gasteiger partial charge in [0.2, 0.25) is 0 Å². The molecule has 0 aliphatic heterocycles. The predicted octanol–water partition coefficient (Wildman–Crippen LogP) is 15.6. The van der Waals surface area contributed by atoms with Crippen molar-refractivity contribution in [2.75, 3.05) is 0 Å². The van der Waals surface area contributed by atoms with Gasteiger partial charge in [0.15, 0.2) is 17.5 Å². The van der Waals surface area contributed by atoms with Crippen LogP contribution in [0.5, 0.6) is 0 Å². The number of aromatic nitrogens is 4. The second kappa shape index (κ2) is 14.2. The third kappa shape index (κ3) is 5.80. The Kier molecular flexibility index (Phi) is 8.01. The third-order valence-electron chi connectivity index (χ3n) is 12.3. The summed E-state index contributed by atoms with van der Waals surface area (Å²) in [5.74, 6) is 1.84. The smallest absolute Gasteiger partial charge is 0.164 e. The molecule has 13 aromatic rings. The van der Waals surface area contributed by atoms with Crippen molar-refractivity contribution in [3.8, 4) is 62.1 Å². The lowest BCUT2D eigenvalue weighted by atomic mass is 9.92. The zero-order valence-corrected chi connectivity index (χ0v) is 34.6. The first kappa shape index (κ1) is 35.6. The maximum absolute atomic E-state index is 6.58. The number of para-hydroxylation sites is 2. The largest absolute Gasteiger partial charge is 0.456 e. The molecule has 0 atom stereocenters. The first-order chi connectivity index (χ1) is 31.2. The molecule has 0 spiro atoms. The Morgan fingerprint density at radius 2 is 0.952 bits per heavy atom. The number of hydrogen-bond donors (Lipinski definition) is 0. The molecular weight excluding hydrogens is 789 g/mol. The lowest BCUT2D eigenvalue weighted by molar-refractivity contribution is 0.669. The average Bonchev–Trinajstić information content (AvgIpc) is 4.03. The van der Waals surface area contributed by atoms with Crippen molar-refractivity contribution >= 4 is 75.3 Å². The number of rotatable bonds is 6. The van der Waals surface area contributed by atoms with E-state index in [1.807, 2.05) is 30.3 Å². The summed E-state index contributed by atoms with van der Waals surface area (Å²) in [5.41, 5.74) is 12.4. The molecule has 0 aliphatic rings. The molecule has 13 rings (SSSR count). The molecule has 6 heteroatoms. The molecule has 0 saturated heterocycles. The topological polar surface area (TPSA) is 56.7 Å². The van der Waals surface area contributed by atoms with Crippen LogP contribution in [-0.4, -0.2) is 19.5 Å². The standard InChI is InChI=1S/C57H34N4OS/c1-3-14-35(15-4-1)55-58-56(38-26-29-44-43-21-10-12-25-52(43)63-53(44)34-38)60-57(59-55)45-22-13-24-51-54(45)47-33-37(28-31-50(47)62-51)41-19-8-7-18-40(41)36-27-30-49-46(32-36)42-20-9-11-23-48(42)61(49)39-16-5-2-6-17-39/h1-34H. The first-order valence-corrected chi connectivity index (χ1v) is 21.9. The van der Waals surface area contributed by atoms with Gasteiger partial charge in [0.1, 0.15) is 11.2 Å². The van der Waals surface area contributed by atoms with Gasteiger partial charge in [0.25, 0.3) is 0 Å². The summed E-state index contributed by atoms with van der Waals surface area (Å²) in [4.78, 5) is 15.5. The summed E-state index contributed by atoms with van der Waals surface area (Å²) < 4.78 is 11.4. The first-order valence-electron chi connectivity index (χ1n) is 21.1. The number of furan rings is 1. The highest BCUT2D eigenvalue weighted by Gasteiger charge is 2.20. The fraction of sp³-hybridized carbons (Fsp3) is 0. The van der Waals surface area contributed by atoms with Gasteiger partial charge in [-0.05, 0) is 82.9 Å². The van der Waals surface area contributed by atoms with Crippen LogP contribution in [0.2, 0.25) is 0 Å². The minimum Gasteiger partial charge on any atom is -0.456 e. The molecule has 0 radical (unpaired) electrons. The molecule has 0 amide bonds. The second-order valence-corrected chi connectivity index (χ2v) is 17.0. The summed E-state index contributed by atoms with van der Waals surface area (Å²) in [5, 5.41) is 6.92. The van der Waals surface area contributed by atoms with Crippen LogP contribution in [-0.2, 0) is 0 Å². The van der Waals surface area contributed by atoms with E-state index < -0.39 is 0 Å². The second-order valence-electron chi connectivity index (χ2n) is 15.9. The summed E-state index contributed by atoms with van der Waals surface area (Å²) in [6.45, 7) is 0. The van der Waals surface area contributed by atoms with Crippen LogP contribution in [0.15, 0.2) is 211 Å². The Hall–Kier alpha value is -8.19. The summed E-state index contributed by atoms with van der Waals surface area (Å²) >= 11 is 1.79. The highest BCUT2D eigenvalue weighted by molar-refractivity contribution is 7.25. The van der Waals surface area contributed by atoms with Crippen molar-refractivity contribution < 1.29 is 4.42 Å². The highest BCUT2D eigenvalue weighted by Crippen LogP contribution is 2.42. The monoisotopic (exact) mass is 822 g/mol. The van der Waals surface area contributed by atoms with Crippen LogP contribution in [0.1, 0.15) is 0 Å². The molecule has 5 nitrogen and oxygen atoms in total. The lowest BCUT2D eigenvalue weighted by Crippen LogP contribution is -2.00. The van der Waals surface area contributed by atoms with E-state index in [0.29, 0.717) is 17.5 Å². The van der Waals surface area contributed by atoms with Gasteiger partial charge >= 0.3 is 0 Å². The number of benzene rings is 9. The van der Waals surface area contributed by atoms with Gasteiger partial charge in [-0.1, -0.05) is 146 Å². The van der Waals surface area contributed by atoms with E-state index in [4.69, 9.17) is 19.4 Å². The highest BCUT2D eigenvalue weighted by atomic mass is 32.1. The van der Waals surface area contributed by atoms with Gasteiger partial charge in [-0.2, -0.15) is 0 Å². The van der Waals surface area contributed by atoms with Gasteiger partial charge < -0.3 is 8.98 Å². The zero-order valence-electron chi connectivity index (χ0n) is 33.7. The summed E-state index contributed by atoms with van der Waals surface area (Å²) in [7, 11) is 0. The van der Waals surface area contributed by atoms with Crippen molar-refractivity contribution in [3.63, 3.8) is 0 Å². The van der Waals surface area contributed by atoms with E-state index in [9.17, 15) is 0 Å². The summed E-state index contributed by atoms with van der Waals surface area (Å²) in [6.07, 6.45) is 0. The van der Waals surface area contributed by atoms with E-state index >= 15 is 0 Å². The SMILES string of the molecule is c1ccc(-c2nc(-c3ccc4c(c3)sc3ccccc34)nc(-c3cccc4oc5ccc(-c6ccccc6-c6ccc7c(c6)c6ccccc6n7-c6ccccc6)cc5c34)n2)cc1. The van der Waals surface area contributed by atoms with Crippen molar-refractivity contribution in [2.45, 2.75) is 0 Å². The molecule has 0 saturated carbocycles. The Balaban J connectivity index is 0.966. The zero-order chi connectivity index (χ0) is 41.4. The molecule has 4 aromatic heterocycles. The number of nitrogens with zero attached hydrogens (tertiary/aromatic N) is 4. The van der Waals surface area contributed by atoms with E-state index in [-0.39, 0.29) is 0 Å². The minimum atomic E-state index is 0.595. The van der Waals surface area contributed by atoms with Crippen molar-refractivity contribution in [1.82, 2.24) is 19.5 Å². The number of fused-ring (bicyclic) bond motifs is 9. The van der Waals surface area contributed by atoms with Crippen LogP contribution in [0, 0.1) is 0 Å². The Bertz CT molecular complexity index is 3920. The Labute approximate surface area is 365 Å². The molecule has 63 heavy (non-hydrogen) atoms. The van der Waals surface area contributed by atoms with Gasteiger partial charge in [-0.3, -0.25) is 0 Å². The van der Waals surface area contributed by atoms with Crippen LogP contribution in [0.25, 0.3) is 126 Å². The van der Waals surface area contributed by atoms with Crippen LogP contribution in [0.4, 0.5) is 0 Å². The van der Waals surface area contributed by atoms with Crippen LogP contribution < -0.4 is 0 Å². The number of thiophene rings is 1. The Morgan fingerprint density at radius 3 is 1.78 bits per heavy atom.